The highest BCUT2D eigenvalue weighted by Gasteiger charge is 2.24. The molecule has 0 aromatic carbocycles. The van der Waals surface area contributed by atoms with Crippen LogP contribution in [-0.4, -0.2) is 29.1 Å². The second-order valence-corrected chi connectivity index (χ2v) is 6.92. The number of aromatic nitrogens is 1. The fourth-order valence-electron chi connectivity index (χ4n) is 2.62. The molecule has 1 fully saturated rings. The molecule has 1 N–H and O–H groups in total. The lowest BCUT2D eigenvalue weighted by molar-refractivity contribution is -0.144. The van der Waals surface area contributed by atoms with Crippen molar-refractivity contribution < 1.29 is 14.3 Å². The number of hydrogen-bond acceptors (Lipinski definition) is 4. The molecule has 6 nitrogen and oxygen atoms in total. The molecule has 1 amide bonds. The second-order valence-electron chi connectivity index (χ2n) is 6.92. The van der Waals surface area contributed by atoms with Gasteiger partial charge in [0, 0.05) is 24.0 Å². The maximum Gasteiger partial charge on any atom is 0.349 e. The molecule has 1 aliphatic carbocycles. The molecule has 0 radical (unpaired) electrons. The summed E-state index contributed by atoms with van der Waals surface area (Å²) >= 11 is 0. The molecule has 0 unspecified atom stereocenters. The normalized spacial score (nSPS) is 14.3. The fourth-order valence-corrected chi connectivity index (χ4v) is 2.62. The maximum absolute atomic E-state index is 12.1. The molecule has 25 heavy (non-hydrogen) atoms. The minimum absolute atomic E-state index is 0.107. The van der Waals surface area contributed by atoms with Crippen LogP contribution in [0, 0.1) is 31.1 Å². The maximum atomic E-state index is 12.1. The van der Waals surface area contributed by atoms with E-state index in [0.29, 0.717) is 5.92 Å². The van der Waals surface area contributed by atoms with Crippen LogP contribution in [0.15, 0.2) is 11.6 Å². The van der Waals surface area contributed by atoms with Crippen molar-refractivity contribution in [3.63, 3.8) is 0 Å². The Kier molecular flexibility index (Phi) is 6.02. The van der Waals surface area contributed by atoms with Crippen molar-refractivity contribution in [1.29, 1.82) is 5.26 Å². The molecule has 6 heteroatoms. The molecule has 1 aliphatic rings. The minimum atomic E-state index is -0.776. The number of nitrogens with zero attached hydrogens (tertiary/aromatic N) is 2. The number of nitriles is 1. The molecule has 0 spiro atoms. The first-order chi connectivity index (χ1) is 11.8. The van der Waals surface area contributed by atoms with Gasteiger partial charge in [0.05, 0.1) is 0 Å². The van der Waals surface area contributed by atoms with E-state index in [1.807, 2.05) is 26.0 Å². The summed E-state index contributed by atoms with van der Waals surface area (Å²) in [4.78, 5) is 23.6. The lowest BCUT2D eigenvalue weighted by Gasteiger charge is -2.12. The van der Waals surface area contributed by atoms with Gasteiger partial charge in [0.1, 0.15) is 11.6 Å². The zero-order valence-electron chi connectivity index (χ0n) is 15.3. The van der Waals surface area contributed by atoms with Crippen LogP contribution in [-0.2, 0) is 20.9 Å². The average Bonchev–Trinajstić information content (AvgIpc) is 3.32. The van der Waals surface area contributed by atoms with Gasteiger partial charge < -0.3 is 14.6 Å². The molecular weight excluding hydrogens is 318 g/mol. The summed E-state index contributed by atoms with van der Waals surface area (Å²) in [7, 11) is 0. The largest absolute Gasteiger partial charge is 0.451 e. The lowest BCUT2D eigenvalue weighted by atomic mass is 10.1. The third kappa shape index (κ3) is 5.21. The van der Waals surface area contributed by atoms with Crippen LogP contribution in [0.5, 0.6) is 0 Å². The van der Waals surface area contributed by atoms with Crippen molar-refractivity contribution in [1.82, 2.24) is 9.88 Å². The fraction of sp³-hybridized carbons (Fsp3) is 0.526. The number of nitrogens with one attached hydrogen (secondary N) is 1. The van der Waals surface area contributed by atoms with Crippen LogP contribution < -0.4 is 5.32 Å². The van der Waals surface area contributed by atoms with Crippen LogP contribution in [0.2, 0.25) is 0 Å². The van der Waals surface area contributed by atoms with Gasteiger partial charge in [-0.25, -0.2) is 4.79 Å². The summed E-state index contributed by atoms with van der Waals surface area (Å²) in [6.07, 6.45) is 3.46. The Morgan fingerprint density at radius 1 is 1.44 bits per heavy atom. The Morgan fingerprint density at radius 2 is 2.12 bits per heavy atom. The monoisotopic (exact) mass is 343 g/mol. The van der Waals surface area contributed by atoms with Gasteiger partial charge in [-0.05, 0) is 50.3 Å². The van der Waals surface area contributed by atoms with E-state index in [-0.39, 0.29) is 24.1 Å². The Morgan fingerprint density at radius 3 is 2.68 bits per heavy atom. The average molecular weight is 343 g/mol. The van der Waals surface area contributed by atoms with E-state index >= 15 is 0 Å². The Bertz CT molecular complexity index is 734. The molecule has 0 atom stereocenters. The first-order valence-corrected chi connectivity index (χ1v) is 8.56. The van der Waals surface area contributed by atoms with Crippen molar-refractivity contribution in [3.8, 4) is 6.07 Å². The van der Waals surface area contributed by atoms with Crippen molar-refractivity contribution >= 4 is 18.0 Å². The minimum Gasteiger partial charge on any atom is -0.451 e. The van der Waals surface area contributed by atoms with E-state index in [9.17, 15) is 14.9 Å². The first kappa shape index (κ1) is 18.8. The number of aryl methyl sites for hydroxylation is 1. The topological polar surface area (TPSA) is 84.1 Å². The highest BCUT2D eigenvalue weighted by molar-refractivity contribution is 5.99. The van der Waals surface area contributed by atoms with Crippen molar-refractivity contribution in [3.05, 3.63) is 28.6 Å². The Labute approximate surface area is 148 Å². The molecule has 1 saturated carbocycles. The smallest absolute Gasteiger partial charge is 0.349 e. The lowest BCUT2D eigenvalue weighted by Crippen LogP contribution is -2.30. The molecule has 134 valence electrons. The van der Waals surface area contributed by atoms with E-state index < -0.39 is 5.97 Å². The molecule has 0 bridgehead atoms. The van der Waals surface area contributed by atoms with E-state index in [1.165, 1.54) is 6.08 Å². The number of rotatable bonds is 7. The van der Waals surface area contributed by atoms with E-state index in [4.69, 9.17) is 4.74 Å². The van der Waals surface area contributed by atoms with Gasteiger partial charge in [-0.3, -0.25) is 4.79 Å². The highest BCUT2D eigenvalue weighted by atomic mass is 16.5. The highest BCUT2D eigenvalue weighted by Crippen LogP contribution is 2.20. The van der Waals surface area contributed by atoms with Crippen LogP contribution in [0.4, 0.5) is 0 Å². The van der Waals surface area contributed by atoms with Crippen LogP contribution in [0.3, 0.4) is 0 Å². The summed E-state index contributed by atoms with van der Waals surface area (Å²) in [5.41, 5.74) is 2.78. The number of carbonyl (C=O) groups is 2. The van der Waals surface area contributed by atoms with Crippen molar-refractivity contribution in [2.75, 3.05) is 6.61 Å². The number of esters is 1. The van der Waals surface area contributed by atoms with E-state index in [0.717, 1.165) is 36.3 Å². The zero-order valence-corrected chi connectivity index (χ0v) is 15.3. The zero-order chi connectivity index (χ0) is 18.6. The molecule has 0 aliphatic heterocycles. The van der Waals surface area contributed by atoms with Crippen LogP contribution in [0.25, 0.3) is 6.08 Å². The summed E-state index contributed by atoms with van der Waals surface area (Å²) in [6.45, 7) is 8.75. The predicted molar refractivity (Wildman–Crippen MR) is 94.5 cm³/mol. The number of carbonyl (C=O) groups excluding carboxylic acids is 2. The van der Waals surface area contributed by atoms with Crippen molar-refractivity contribution in [2.45, 2.75) is 53.1 Å². The van der Waals surface area contributed by atoms with Gasteiger partial charge in [-0.2, -0.15) is 5.26 Å². The third-order valence-corrected chi connectivity index (χ3v) is 4.08. The van der Waals surface area contributed by atoms with Gasteiger partial charge in [-0.15, -0.1) is 0 Å². The molecular formula is C19H25N3O3. The van der Waals surface area contributed by atoms with Gasteiger partial charge in [0.15, 0.2) is 6.61 Å². The quantitative estimate of drug-likeness (QED) is 0.468. The van der Waals surface area contributed by atoms with Crippen LogP contribution >= 0.6 is 0 Å². The number of ether oxygens (including phenoxy) is 1. The first-order valence-electron chi connectivity index (χ1n) is 8.56. The molecule has 0 saturated heterocycles. The summed E-state index contributed by atoms with van der Waals surface area (Å²) in [6, 6.07) is 4.03. The molecule has 2 rings (SSSR count). The van der Waals surface area contributed by atoms with E-state index in [1.54, 1.807) is 0 Å². The summed E-state index contributed by atoms with van der Waals surface area (Å²) in [5.74, 6) is -0.614. The predicted octanol–water partition coefficient (Wildman–Crippen LogP) is 2.49. The standard InChI is InChI=1S/C19H25N3O3/c1-12(2)10-22-13(3)7-15(14(22)4)8-16(9-20)19(24)25-11-18(23)21-17-5-6-17/h7-8,12,17H,5-6,10-11H2,1-4H3,(H,21,23)/b16-8+. The molecule has 1 aromatic rings. The second kappa shape index (κ2) is 8.02. The Balaban J connectivity index is 2.07. The Hall–Kier alpha value is -2.55. The molecule has 1 aromatic heterocycles. The summed E-state index contributed by atoms with van der Waals surface area (Å²) in [5, 5.41) is 12.0. The van der Waals surface area contributed by atoms with E-state index in [2.05, 4.69) is 23.7 Å². The molecule has 1 heterocycles. The summed E-state index contributed by atoms with van der Waals surface area (Å²) < 4.78 is 7.12. The van der Waals surface area contributed by atoms with Gasteiger partial charge in [0.2, 0.25) is 0 Å². The van der Waals surface area contributed by atoms with Gasteiger partial charge in [0.25, 0.3) is 5.91 Å². The van der Waals surface area contributed by atoms with Crippen LogP contribution in [0.1, 0.15) is 43.6 Å². The van der Waals surface area contributed by atoms with Gasteiger partial charge >= 0.3 is 5.97 Å². The number of hydrogen-bond donors (Lipinski definition) is 1. The van der Waals surface area contributed by atoms with Gasteiger partial charge in [-0.1, -0.05) is 13.8 Å². The third-order valence-electron chi connectivity index (χ3n) is 4.08. The SMILES string of the molecule is Cc1cc(/C=C(\C#N)C(=O)OCC(=O)NC2CC2)c(C)n1CC(C)C. The van der Waals surface area contributed by atoms with Crippen molar-refractivity contribution in [2.24, 2.45) is 5.92 Å². The number of amides is 1.